The number of carbonyl (C=O) groups is 1. The zero-order valence-corrected chi connectivity index (χ0v) is 13.8. The van der Waals surface area contributed by atoms with Gasteiger partial charge in [0.2, 0.25) is 5.91 Å². The maximum Gasteiger partial charge on any atom is 0.226 e. The smallest absolute Gasteiger partial charge is 0.226 e. The quantitative estimate of drug-likeness (QED) is 0.911. The zero-order chi connectivity index (χ0) is 15.9. The molecule has 4 heteroatoms. The van der Waals surface area contributed by atoms with Gasteiger partial charge < -0.3 is 15.0 Å². The molecule has 2 saturated heterocycles. The minimum Gasteiger partial charge on any atom is -0.374 e. The first-order valence-corrected chi connectivity index (χ1v) is 8.87. The second-order valence-electron chi connectivity index (χ2n) is 7.43. The summed E-state index contributed by atoms with van der Waals surface area (Å²) in [5.41, 5.74) is 1.48. The maximum atomic E-state index is 13.2. The van der Waals surface area contributed by atoms with E-state index < -0.39 is 0 Å². The third-order valence-corrected chi connectivity index (χ3v) is 5.92. The van der Waals surface area contributed by atoms with Gasteiger partial charge in [-0.15, -0.1) is 0 Å². The molecule has 124 valence electrons. The fourth-order valence-corrected chi connectivity index (χ4v) is 4.37. The summed E-state index contributed by atoms with van der Waals surface area (Å²) in [5.74, 6) is 0.594. The molecule has 4 rings (SSSR count). The molecule has 1 N–H and O–H groups in total. The third-order valence-electron chi connectivity index (χ3n) is 5.92. The van der Waals surface area contributed by atoms with E-state index in [1.54, 1.807) is 0 Å². The number of carbonyl (C=O) groups excluding carboxylic acids is 1. The van der Waals surface area contributed by atoms with Crippen LogP contribution in [0, 0.1) is 11.3 Å². The van der Waals surface area contributed by atoms with Crippen molar-refractivity contribution in [2.45, 2.75) is 38.3 Å². The summed E-state index contributed by atoms with van der Waals surface area (Å²) in [4.78, 5) is 15.3. The van der Waals surface area contributed by atoms with Crippen LogP contribution in [0.4, 0.5) is 0 Å². The summed E-state index contributed by atoms with van der Waals surface area (Å²) >= 11 is 0. The highest BCUT2D eigenvalue weighted by molar-refractivity contribution is 5.83. The lowest BCUT2D eigenvalue weighted by Crippen LogP contribution is -2.48. The fraction of sp³-hybridized carbons (Fsp3) is 0.632. The Bertz CT molecular complexity index is 568. The average Bonchev–Trinajstić information content (AvgIpc) is 3.28. The van der Waals surface area contributed by atoms with E-state index in [1.807, 2.05) is 18.2 Å². The molecule has 2 heterocycles. The van der Waals surface area contributed by atoms with E-state index in [-0.39, 0.29) is 18.1 Å². The van der Waals surface area contributed by atoms with Crippen molar-refractivity contribution in [1.29, 1.82) is 0 Å². The van der Waals surface area contributed by atoms with Crippen molar-refractivity contribution < 1.29 is 9.53 Å². The fourth-order valence-electron chi connectivity index (χ4n) is 4.37. The van der Waals surface area contributed by atoms with Crippen LogP contribution in [-0.2, 0) is 9.53 Å². The first-order valence-electron chi connectivity index (χ1n) is 8.87. The first-order chi connectivity index (χ1) is 11.2. The van der Waals surface area contributed by atoms with E-state index in [9.17, 15) is 4.79 Å². The molecular weight excluding hydrogens is 288 g/mol. The van der Waals surface area contributed by atoms with Crippen molar-refractivity contribution in [3.8, 4) is 0 Å². The number of nitrogens with zero attached hydrogens (tertiary/aromatic N) is 1. The van der Waals surface area contributed by atoms with Gasteiger partial charge in [0.05, 0.1) is 18.8 Å². The van der Waals surface area contributed by atoms with Gasteiger partial charge in [0.15, 0.2) is 0 Å². The molecule has 3 atom stereocenters. The van der Waals surface area contributed by atoms with Crippen molar-refractivity contribution in [2.24, 2.45) is 11.3 Å². The lowest BCUT2D eigenvalue weighted by Gasteiger charge is -2.39. The van der Waals surface area contributed by atoms with E-state index in [2.05, 4.69) is 29.3 Å². The summed E-state index contributed by atoms with van der Waals surface area (Å²) in [6.45, 7) is 5.51. The van der Waals surface area contributed by atoms with Gasteiger partial charge in [-0.05, 0) is 50.3 Å². The van der Waals surface area contributed by atoms with Gasteiger partial charge >= 0.3 is 0 Å². The lowest BCUT2D eigenvalue weighted by molar-refractivity contribution is -0.147. The van der Waals surface area contributed by atoms with E-state index in [1.165, 1.54) is 5.56 Å². The summed E-state index contributed by atoms with van der Waals surface area (Å²) in [6.07, 6.45) is 3.51. The van der Waals surface area contributed by atoms with Crippen LogP contribution < -0.4 is 5.32 Å². The Hall–Kier alpha value is -1.39. The van der Waals surface area contributed by atoms with E-state index >= 15 is 0 Å². The van der Waals surface area contributed by atoms with Crippen LogP contribution >= 0.6 is 0 Å². The number of morpholine rings is 1. The van der Waals surface area contributed by atoms with E-state index in [0.29, 0.717) is 24.5 Å². The van der Waals surface area contributed by atoms with Crippen molar-refractivity contribution in [2.75, 3.05) is 26.2 Å². The third kappa shape index (κ3) is 2.79. The molecule has 1 aromatic carbocycles. The van der Waals surface area contributed by atoms with E-state index in [4.69, 9.17) is 4.74 Å². The monoisotopic (exact) mass is 314 g/mol. The second-order valence-corrected chi connectivity index (χ2v) is 7.43. The molecule has 1 spiro atoms. The highest BCUT2D eigenvalue weighted by atomic mass is 16.5. The average molecular weight is 314 g/mol. The summed E-state index contributed by atoms with van der Waals surface area (Å²) in [6, 6.07) is 10.4. The van der Waals surface area contributed by atoms with Gasteiger partial charge in [-0.25, -0.2) is 0 Å². The Balaban J connectivity index is 1.53. The number of nitrogens with one attached hydrogen (secondary N) is 1. The SMILES string of the molecule is CC1CN(C(=O)C2CC23CCNCC3)C(c2ccccc2)CO1. The van der Waals surface area contributed by atoms with Gasteiger partial charge in [-0.1, -0.05) is 30.3 Å². The van der Waals surface area contributed by atoms with Crippen LogP contribution in [0.5, 0.6) is 0 Å². The number of rotatable bonds is 2. The Morgan fingerprint density at radius 1 is 1.26 bits per heavy atom. The molecule has 1 aromatic rings. The second kappa shape index (κ2) is 5.91. The Labute approximate surface area is 138 Å². The number of piperidine rings is 1. The predicted molar refractivity (Wildman–Crippen MR) is 89.0 cm³/mol. The standard InChI is InChI=1S/C19H26N2O2/c1-14-12-21(17(13-23-14)15-5-3-2-4-6-15)18(22)16-11-19(16)7-9-20-10-8-19/h2-6,14,16-17,20H,7-13H2,1H3. The molecule has 3 aliphatic rings. The topological polar surface area (TPSA) is 41.6 Å². The summed E-state index contributed by atoms with van der Waals surface area (Å²) in [5, 5.41) is 3.42. The number of ether oxygens (including phenoxy) is 1. The number of benzene rings is 1. The van der Waals surface area contributed by atoms with Crippen LogP contribution in [0.2, 0.25) is 0 Å². The number of hydrogen-bond acceptors (Lipinski definition) is 3. The first kappa shape index (κ1) is 15.2. The van der Waals surface area contributed by atoms with E-state index in [0.717, 1.165) is 32.4 Å². The molecule has 0 radical (unpaired) electrons. The summed E-state index contributed by atoms with van der Waals surface area (Å²) < 4.78 is 5.86. The minimum atomic E-state index is 0.0688. The van der Waals surface area contributed by atoms with Crippen molar-refractivity contribution in [3.05, 3.63) is 35.9 Å². The molecule has 23 heavy (non-hydrogen) atoms. The molecule has 0 aromatic heterocycles. The van der Waals surface area contributed by atoms with Crippen molar-refractivity contribution in [3.63, 3.8) is 0 Å². The molecule has 1 amide bonds. The lowest BCUT2D eigenvalue weighted by atomic mass is 9.91. The Kier molecular flexibility index (Phi) is 3.90. The molecule has 3 unspecified atom stereocenters. The molecule has 1 saturated carbocycles. The predicted octanol–water partition coefficient (Wildman–Crippen LogP) is 2.36. The molecule has 0 bridgehead atoms. The highest BCUT2D eigenvalue weighted by Crippen LogP contribution is 2.59. The molecule has 2 aliphatic heterocycles. The van der Waals surface area contributed by atoms with Crippen molar-refractivity contribution in [1.82, 2.24) is 10.2 Å². The highest BCUT2D eigenvalue weighted by Gasteiger charge is 2.59. The van der Waals surface area contributed by atoms with Gasteiger partial charge in [0.25, 0.3) is 0 Å². The van der Waals surface area contributed by atoms with Crippen LogP contribution in [0.25, 0.3) is 0 Å². The largest absolute Gasteiger partial charge is 0.374 e. The van der Waals surface area contributed by atoms with Crippen LogP contribution in [0.1, 0.15) is 37.8 Å². The van der Waals surface area contributed by atoms with Gasteiger partial charge in [0, 0.05) is 12.5 Å². The van der Waals surface area contributed by atoms with Gasteiger partial charge in [0.1, 0.15) is 0 Å². The molecule has 1 aliphatic carbocycles. The Morgan fingerprint density at radius 3 is 2.74 bits per heavy atom. The molecule has 3 fully saturated rings. The maximum absolute atomic E-state index is 13.2. The normalized spacial score (nSPS) is 32.7. The molecule has 4 nitrogen and oxygen atoms in total. The number of hydrogen-bond donors (Lipinski definition) is 1. The Morgan fingerprint density at radius 2 is 2.00 bits per heavy atom. The zero-order valence-electron chi connectivity index (χ0n) is 13.8. The van der Waals surface area contributed by atoms with Crippen molar-refractivity contribution >= 4 is 5.91 Å². The minimum absolute atomic E-state index is 0.0688. The van der Waals surface area contributed by atoms with Gasteiger partial charge in [-0.3, -0.25) is 4.79 Å². The summed E-state index contributed by atoms with van der Waals surface area (Å²) in [7, 11) is 0. The van der Waals surface area contributed by atoms with Gasteiger partial charge in [-0.2, -0.15) is 0 Å². The van der Waals surface area contributed by atoms with Crippen LogP contribution in [0.3, 0.4) is 0 Å². The van der Waals surface area contributed by atoms with Crippen LogP contribution in [0.15, 0.2) is 30.3 Å². The molecular formula is C19H26N2O2. The number of amides is 1. The van der Waals surface area contributed by atoms with Crippen LogP contribution in [-0.4, -0.2) is 43.2 Å².